The van der Waals surface area contributed by atoms with Crippen molar-refractivity contribution >= 4 is 33.1 Å². The van der Waals surface area contributed by atoms with Crippen LogP contribution in [0.2, 0.25) is 37.8 Å². The number of benzene rings is 1. The van der Waals surface area contributed by atoms with Gasteiger partial charge in [0, 0.05) is 5.41 Å². The fourth-order valence-corrected chi connectivity index (χ4v) is 14.4. The van der Waals surface area contributed by atoms with Crippen molar-refractivity contribution in [3.8, 4) is 0 Å². The average Bonchev–Trinajstić information content (AvgIpc) is 3.06. The molecule has 162 valence electrons. The van der Waals surface area contributed by atoms with Crippen molar-refractivity contribution in [2.45, 2.75) is 71.4 Å². The normalized spacial score (nSPS) is 32.1. The highest BCUT2D eigenvalue weighted by atomic mass is 28.3. The molecule has 0 aliphatic heterocycles. The van der Waals surface area contributed by atoms with Crippen molar-refractivity contribution in [2.75, 3.05) is 6.61 Å². The van der Waals surface area contributed by atoms with Crippen LogP contribution < -0.4 is 5.19 Å². The van der Waals surface area contributed by atoms with Crippen LogP contribution in [0.1, 0.15) is 33.6 Å². The first-order valence-electron chi connectivity index (χ1n) is 11.3. The molecule has 3 aliphatic carbocycles. The molecule has 0 radical (unpaired) electrons. The van der Waals surface area contributed by atoms with Gasteiger partial charge < -0.3 is 4.74 Å². The first-order chi connectivity index (χ1) is 13.8. The molecule has 3 aliphatic rings. The van der Waals surface area contributed by atoms with E-state index in [9.17, 15) is 9.59 Å². The maximum atomic E-state index is 14.5. The van der Waals surface area contributed by atoms with Gasteiger partial charge >= 0.3 is 5.97 Å². The van der Waals surface area contributed by atoms with Crippen LogP contribution in [0.5, 0.6) is 0 Å². The van der Waals surface area contributed by atoms with Crippen molar-refractivity contribution in [2.24, 2.45) is 16.7 Å². The van der Waals surface area contributed by atoms with Crippen LogP contribution in [-0.4, -0.2) is 34.5 Å². The molecule has 1 aromatic rings. The second kappa shape index (κ2) is 6.29. The third-order valence-electron chi connectivity index (χ3n) is 8.21. The Morgan fingerprint density at radius 2 is 1.70 bits per heavy atom. The number of esters is 1. The fraction of sp³-hybridized carbons (Fsp3) is 0.600. The smallest absolute Gasteiger partial charge is 0.310 e. The highest BCUT2D eigenvalue weighted by Gasteiger charge is 2.92. The van der Waals surface area contributed by atoms with Crippen LogP contribution in [-0.2, 0) is 14.3 Å². The van der Waals surface area contributed by atoms with Crippen LogP contribution in [0.3, 0.4) is 0 Å². The summed E-state index contributed by atoms with van der Waals surface area (Å²) >= 11 is 0. The van der Waals surface area contributed by atoms with E-state index in [1.54, 1.807) is 0 Å². The summed E-state index contributed by atoms with van der Waals surface area (Å²) in [5.41, 5.74) is 1.14. The summed E-state index contributed by atoms with van der Waals surface area (Å²) in [7, 11) is -4.22. The maximum Gasteiger partial charge on any atom is 0.310 e. The molecule has 30 heavy (non-hydrogen) atoms. The van der Waals surface area contributed by atoms with E-state index in [4.69, 9.17) is 4.74 Å². The summed E-state index contributed by atoms with van der Waals surface area (Å²) in [6.45, 7) is 18.4. The van der Waals surface area contributed by atoms with Crippen LogP contribution in [0, 0.1) is 16.7 Å². The lowest BCUT2D eigenvalue weighted by atomic mass is 9.88. The third kappa shape index (κ3) is 2.42. The number of ether oxygens (including phenoxy) is 1. The number of Topliss-reactive ketones (excluding diaryl/α,β-unsaturated/α-hetero) is 1. The molecule has 3 atom stereocenters. The molecule has 0 amide bonds. The molecule has 5 heteroatoms. The topological polar surface area (TPSA) is 43.4 Å². The van der Waals surface area contributed by atoms with Gasteiger partial charge in [-0.15, -0.1) is 0 Å². The minimum atomic E-state index is -2.18. The Hall–Kier alpha value is -1.47. The van der Waals surface area contributed by atoms with E-state index in [1.807, 2.05) is 13.0 Å². The number of carbonyl (C=O) groups excluding carboxylic acids is 2. The third-order valence-corrected chi connectivity index (χ3v) is 15.1. The number of allylic oxidation sites excluding steroid dienone is 2. The average molecular weight is 441 g/mol. The van der Waals surface area contributed by atoms with Gasteiger partial charge in [0.05, 0.1) is 25.6 Å². The molecular formula is C25H36O3Si2. The SMILES string of the molecule is CCOC(=O)[C@@H]1[C@]23CC(C)(C)CC2=C([Si](C)(C)c2ccccc2)C(=O)[C@]13[Si](C)(C)C. The number of hydrogen-bond acceptors (Lipinski definition) is 3. The first kappa shape index (κ1) is 21.8. The molecule has 0 unspecified atom stereocenters. The lowest BCUT2D eigenvalue weighted by Crippen LogP contribution is -2.49. The van der Waals surface area contributed by atoms with Gasteiger partial charge in [-0.2, -0.15) is 0 Å². The monoisotopic (exact) mass is 440 g/mol. The molecule has 0 saturated heterocycles. The van der Waals surface area contributed by atoms with Gasteiger partial charge in [-0.1, -0.05) is 87.7 Å². The Bertz CT molecular complexity index is 954. The Labute approximate surface area is 183 Å². The molecule has 0 heterocycles. The second-order valence-corrected chi connectivity index (χ2v) is 21.5. The summed E-state index contributed by atoms with van der Waals surface area (Å²) in [6, 6.07) is 10.6. The van der Waals surface area contributed by atoms with Crippen LogP contribution in [0.25, 0.3) is 0 Å². The van der Waals surface area contributed by atoms with Gasteiger partial charge in [-0.05, 0) is 30.4 Å². The fourth-order valence-electron chi connectivity index (χ4n) is 7.43. The van der Waals surface area contributed by atoms with Crippen LogP contribution in [0.4, 0.5) is 0 Å². The zero-order valence-corrected chi connectivity index (χ0v) is 21.8. The number of carbonyl (C=O) groups is 2. The first-order valence-corrected chi connectivity index (χ1v) is 17.8. The lowest BCUT2D eigenvalue weighted by molar-refractivity contribution is -0.146. The lowest BCUT2D eigenvalue weighted by Gasteiger charge is -2.33. The molecule has 0 aromatic heterocycles. The summed E-state index contributed by atoms with van der Waals surface area (Å²) in [6.07, 6.45) is 1.86. The van der Waals surface area contributed by atoms with E-state index in [0.717, 1.165) is 18.0 Å². The minimum absolute atomic E-state index is 0.106. The van der Waals surface area contributed by atoms with E-state index in [1.165, 1.54) is 10.8 Å². The van der Waals surface area contributed by atoms with Crippen molar-refractivity contribution < 1.29 is 14.3 Å². The Balaban J connectivity index is 1.98. The van der Waals surface area contributed by atoms with E-state index in [2.05, 4.69) is 70.8 Å². The van der Waals surface area contributed by atoms with Crippen LogP contribution >= 0.6 is 0 Å². The number of ketones is 1. The van der Waals surface area contributed by atoms with Crippen LogP contribution in [0.15, 0.2) is 41.1 Å². The van der Waals surface area contributed by atoms with E-state index in [-0.39, 0.29) is 22.7 Å². The Morgan fingerprint density at radius 1 is 1.10 bits per heavy atom. The second-order valence-electron chi connectivity index (χ2n) is 11.9. The van der Waals surface area contributed by atoms with Gasteiger partial charge in [-0.3, -0.25) is 9.59 Å². The molecule has 1 aromatic carbocycles. The van der Waals surface area contributed by atoms with Crippen molar-refractivity contribution in [3.05, 3.63) is 41.1 Å². The minimum Gasteiger partial charge on any atom is -0.466 e. The molecule has 2 fully saturated rings. The maximum absolute atomic E-state index is 14.5. The predicted octanol–water partition coefficient (Wildman–Crippen LogP) is 5.10. The van der Waals surface area contributed by atoms with E-state index >= 15 is 0 Å². The molecule has 1 spiro atoms. The van der Waals surface area contributed by atoms with E-state index < -0.39 is 21.2 Å². The van der Waals surface area contributed by atoms with Gasteiger partial charge in [0.1, 0.15) is 8.07 Å². The van der Waals surface area contributed by atoms with Crippen molar-refractivity contribution in [1.29, 1.82) is 0 Å². The summed E-state index contributed by atoms with van der Waals surface area (Å²) < 4.78 is 5.57. The predicted molar refractivity (Wildman–Crippen MR) is 127 cm³/mol. The highest BCUT2D eigenvalue weighted by molar-refractivity contribution is 7.01. The molecule has 0 bridgehead atoms. The number of rotatable bonds is 5. The Morgan fingerprint density at radius 3 is 2.23 bits per heavy atom. The van der Waals surface area contributed by atoms with Gasteiger partial charge in [0.15, 0.2) is 5.78 Å². The quantitative estimate of drug-likeness (QED) is 0.473. The van der Waals surface area contributed by atoms with Gasteiger partial charge in [0.2, 0.25) is 0 Å². The Kier molecular flexibility index (Phi) is 4.56. The number of hydrogen-bond donors (Lipinski definition) is 0. The van der Waals surface area contributed by atoms with Crippen molar-refractivity contribution in [3.63, 3.8) is 0 Å². The largest absolute Gasteiger partial charge is 0.466 e. The standard InChI is InChI=1S/C25H36O3Si2/c1-9-28-22(27)20-24-16-23(2,3)15-18(24)19(21(26)25(20,24)29(4,5)6)30(7,8)17-13-11-10-12-14-17/h10-14,20H,9,15-16H2,1-8H3/t20-,24+,25-/m1/s1. The zero-order valence-electron chi connectivity index (χ0n) is 19.8. The van der Waals surface area contributed by atoms with Gasteiger partial charge in [0.25, 0.3) is 0 Å². The summed E-state index contributed by atoms with van der Waals surface area (Å²) in [5.74, 6) is -0.0994. The molecule has 4 rings (SSSR count). The summed E-state index contributed by atoms with van der Waals surface area (Å²) in [5, 5.41) is 1.91. The van der Waals surface area contributed by atoms with E-state index in [0.29, 0.717) is 12.4 Å². The van der Waals surface area contributed by atoms with Crippen molar-refractivity contribution in [1.82, 2.24) is 0 Å². The zero-order chi connectivity index (χ0) is 22.3. The molecule has 2 saturated carbocycles. The van der Waals surface area contributed by atoms with Gasteiger partial charge in [-0.25, -0.2) is 0 Å². The molecule has 3 nitrogen and oxygen atoms in total. The summed E-state index contributed by atoms with van der Waals surface area (Å²) in [4.78, 5) is 27.7. The highest BCUT2D eigenvalue weighted by Crippen LogP contribution is 2.92. The molecule has 0 N–H and O–H groups in total. The molecular weight excluding hydrogens is 404 g/mol.